The van der Waals surface area contributed by atoms with Gasteiger partial charge >= 0.3 is 0 Å². The molecule has 4 rings (SSSR count). The molecule has 0 radical (unpaired) electrons. The number of ether oxygens (including phenoxy) is 1. The molecule has 0 saturated heterocycles. The molecule has 0 atom stereocenters. The summed E-state index contributed by atoms with van der Waals surface area (Å²) < 4.78 is 6.19. The highest BCUT2D eigenvalue weighted by Crippen LogP contribution is 2.31. The Labute approximate surface area is 197 Å². The molecule has 4 nitrogen and oxygen atoms in total. The fraction of sp³-hybridized carbons (Fsp3) is 0.115. The summed E-state index contributed by atoms with van der Waals surface area (Å²) in [5.74, 6) is 0.695. The third-order valence-electron chi connectivity index (χ3n) is 5.07. The van der Waals surface area contributed by atoms with Gasteiger partial charge in [0, 0.05) is 46.0 Å². The Hall–Kier alpha value is -3.21. The van der Waals surface area contributed by atoms with Crippen molar-refractivity contribution >= 4 is 51.3 Å². The Morgan fingerprint density at radius 3 is 2.41 bits per heavy atom. The Balaban J connectivity index is 1.56. The third kappa shape index (κ3) is 5.34. The first kappa shape index (κ1) is 22.0. The van der Waals surface area contributed by atoms with Crippen LogP contribution in [0.5, 0.6) is 5.75 Å². The number of carbonyl (C=O) groups excluding carboxylic acids is 1. The van der Waals surface area contributed by atoms with Crippen LogP contribution in [0.2, 0.25) is 10.0 Å². The molecule has 162 valence electrons. The average Bonchev–Trinajstić information content (AvgIpc) is 2.78. The molecule has 0 unspecified atom stereocenters. The lowest BCUT2D eigenvalue weighted by molar-refractivity contribution is -0.114. The first-order valence-corrected chi connectivity index (χ1v) is 10.9. The van der Waals surface area contributed by atoms with Crippen LogP contribution in [0.4, 0.5) is 11.4 Å². The second kappa shape index (κ2) is 9.94. The van der Waals surface area contributed by atoms with Gasteiger partial charge in [-0.25, -0.2) is 0 Å². The molecule has 0 aliphatic rings. The van der Waals surface area contributed by atoms with Gasteiger partial charge in [0.05, 0.1) is 0 Å². The van der Waals surface area contributed by atoms with Crippen LogP contribution in [0.3, 0.4) is 0 Å². The van der Waals surface area contributed by atoms with Crippen molar-refractivity contribution < 1.29 is 9.53 Å². The maximum Gasteiger partial charge on any atom is 0.221 e. The number of hydrogen-bond acceptors (Lipinski definition) is 3. The highest BCUT2D eigenvalue weighted by molar-refractivity contribution is 6.35. The van der Waals surface area contributed by atoms with Gasteiger partial charge in [-0.05, 0) is 53.2 Å². The molecular formula is C26H22Cl2N2O2. The van der Waals surface area contributed by atoms with Gasteiger partial charge in [-0.15, -0.1) is 0 Å². The maximum atomic E-state index is 11.2. The molecule has 0 fully saturated rings. The van der Waals surface area contributed by atoms with Gasteiger partial charge in [0.2, 0.25) is 5.91 Å². The summed E-state index contributed by atoms with van der Waals surface area (Å²) in [6, 6.07) is 25.3. The number of fused-ring (bicyclic) bond motifs is 1. The zero-order valence-electron chi connectivity index (χ0n) is 17.5. The lowest BCUT2D eigenvalue weighted by atomic mass is 10.0. The van der Waals surface area contributed by atoms with Gasteiger partial charge in [-0.1, -0.05) is 59.6 Å². The topological polar surface area (TPSA) is 50.4 Å². The summed E-state index contributed by atoms with van der Waals surface area (Å²) in [4.78, 5) is 11.2. The van der Waals surface area contributed by atoms with Gasteiger partial charge < -0.3 is 15.4 Å². The number of anilines is 2. The summed E-state index contributed by atoms with van der Waals surface area (Å²) in [6.45, 7) is 2.41. The first-order chi connectivity index (χ1) is 15.5. The van der Waals surface area contributed by atoms with Crippen molar-refractivity contribution in [3.05, 3.63) is 100 Å². The molecule has 0 aliphatic carbocycles. The summed E-state index contributed by atoms with van der Waals surface area (Å²) in [5.41, 5.74) is 3.63. The van der Waals surface area contributed by atoms with Gasteiger partial charge in [-0.2, -0.15) is 0 Å². The van der Waals surface area contributed by atoms with Crippen LogP contribution >= 0.6 is 23.2 Å². The monoisotopic (exact) mass is 464 g/mol. The number of nitrogens with one attached hydrogen (secondary N) is 2. The van der Waals surface area contributed by atoms with Crippen molar-refractivity contribution in [3.8, 4) is 5.75 Å². The van der Waals surface area contributed by atoms with Crippen LogP contribution in [0.1, 0.15) is 18.1 Å². The van der Waals surface area contributed by atoms with Crippen molar-refractivity contribution in [1.29, 1.82) is 0 Å². The minimum Gasteiger partial charge on any atom is -0.488 e. The van der Waals surface area contributed by atoms with Crippen LogP contribution < -0.4 is 15.4 Å². The van der Waals surface area contributed by atoms with E-state index in [9.17, 15) is 4.79 Å². The number of amides is 1. The van der Waals surface area contributed by atoms with E-state index in [-0.39, 0.29) is 5.91 Å². The van der Waals surface area contributed by atoms with E-state index < -0.39 is 0 Å². The summed E-state index contributed by atoms with van der Waals surface area (Å²) >= 11 is 12.3. The van der Waals surface area contributed by atoms with Crippen LogP contribution in [0, 0.1) is 0 Å². The second-order valence-electron chi connectivity index (χ2n) is 7.40. The van der Waals surface area contributed by atoms with Gasteiger partial charge in [0.1, 0.15) is 12.4 Å². The first-order valence-electron chi connectivity index (χ1n) is 10.2. The van der Waals surface area contributed by atoms with Crippen molar-refractivity contribution in [2.24, 2.45) is 0 Å². The fourth-order valence-electron chi connectivity index (χ4n) is 3.49. The zero-order valence-corrected chi connectivity index (χ0v) is 19.0. The predicted molar refractivity (Wildman–Crippen MR) is 133 cm³/mol. The zero-order chi connectivity index (χ0) is 22.5. The second-order valence-corrected chi connectivity index (χ2v) is 8.24. The SMILES string of the molecule is CC(=O)Nc1ccc(NCc2c(OCc3ccc(Cl)cc3Cl)ccc3ccccc23)cc1. The Morgan fingerprint density at radius 2 is 1.66 bits per heavy atom. The van der Waals surface area contributed by atoms with E-state index >= 15 is 0 Å². The summed E-state index contributed by atoms with van der Waals surface area (Å²) in [7, 11) is 0. The van der Waals surface area contributed by atoms with E-state index in [1.165, 1.54) is 6.92 Å². The van der Waals surface area contributed by atoms with E-state index in [4.69, 9.17) is 27.9 Å². The van der Waals surface area contributed by atoms with Crippen molar-refractivity contribution in [2.75, 3.05) is 10.6 Å². The average molecular weight is 465 g/mol. The normalized spacial score (nSPS) is 10.7. The van der Waals surface area contributed by atoms with E-state index in [0.29, 0.717) is 23.2 Å². The predicted octanol–water partition coefficient (Wildman–Crippen LogP) is 7.30. The van der Waals surface area contributed by atoms with Crippen LogP contribution in [0.25, 0.3) is 10.8 Å². The van der Waals surface area contributed by atoms with Gasteiger partial charge in [0.15, 0.2) is 0 Å². The number of rotatable bonds is 7. The van der Waals surface area contributed by atoms with Crippen LogP contribution in [0.15, 0.2) is 78.9 Å². The molecule has 2 N–H and O–H groups in total. The molecule has 32 heavy (non-hydrogen) atoms. The largest absolute Gasteiger partial charge is 0.488 e. The molecule has 4 aromatic rings. The molecule has 4 aromatic carbocycles. The van der Waals surface area contributed by atoms with Gasteiger partial charge in [0.25, 0.3) is 0 Å². The molecule has 0 saturated carbocycles. The summed E-state index contributed by atoms with van der Waals surface area (Å²) in [6.07, 6.45) is 0. The van der Waals surface area contributed by atoms with Crippen molar-refractivity contribution in [1.82, 2.24) is 0 Å². The molecule has 0 aliphatic heterocycles. The maximum absolute atomic E-state index is 11.2. The third-order valence-corrected chi connectivity index (χ3v) is 5.66. The number of carbonyl (C=O) groups is 1. The fourth-order valence-corrected chi connectivity index (χ4v) is 3.96. The minimum absolute atomic E-state index is 0.0935. The van der Waals surface area contributed by atoms with Crippen LogP contribution in [-0.4, -0.2) is 5.91 Å². The van der Waals surface area contributed by atoms with Gasteiger partial charge in [-0.3, -0.25) is 4.79 Å². The van der Waals surface area contributed by atoms with E-state index in [1.807, 2.05) is 48.5 Å². The molecule has 0 bridgehead atoms. The van der Waals surface area contributed by atoms with Crippen molar-refractivity contribution in [2.45, 2.75) is 20.1 Å². The molecular weight excluding hydrogens is 443 g/mol. The Bertz CT molecular complexity index is 1260. The lowest BCUT2D eigenvalue weighted by Gasteiger charge is -2.16. The molecule has 1 amide bonds. The minimum atomic E-state index is -0.0935. The van der Waals surface area contributed by atoms with Crippen molar-refractivity contribution in [3.63, 3.8) is 0 Å². The number of hydrogen-bond donors (Lipinski definition) is 2. The standard InChI is InChI=1S/C26H22Cl2N2O2/c1-17(31)30-22-11-9-21(10-12-22)29-15-24-23-5-3-2-4-18(23)7-13-26(24)32-16-19-6-8-20(27)14-25(19)28/h2-14,29H,15-16H2,1H3,(H,30,31). The molecule has 0 heterocycles. The molecule has 6 heteroatoms. The number of halogens is 2. The van der Waals surface area contributed by atoms with E-state index in [2.05, 4.69) is 28.8 Å². The van der Waals surface area contributed by atoms with E-state index in [0.717, 1.165) is 39.0 Å². The molecule has 0 spiro atoms. The summed E-state index contributed by atoms with van der Waals surface area (Å²) in [5, 5.41) is 9.67. The van der Waals surface area contributed by atoms with E-state index in [1.54, 1.807) is 12.1 Å². The number of benzene rings is 4. The Morgan fingerprint density at radius 1 is 0.906 bits per heavy atom. The Kier molecular flexibility index (Phi) is 6.84. The highest BCUT2D eigenvalue weighted by atomic mass is 35.5. The highest BCUT2D eigenvalue weighted by Gasteiger charge is 2.11. The lowest BCUT2D eigenvalue weighted by Crippen LogP contribution is -2.06. The molecule has 0 aromatic heterocycles. The van der Waals surface area contributed by atoms with Crippen LogP contribution in [-0.2, 0) is 17.9 Å². The quantitative estimate of drug-likeness (QED) is 0.301. The smallest absolute Gasteiger partial charge is 0.221 e.